The van der Waals surface area contributed by atoms with E-state index in [1.54, 1.807) is 48.5 Å². The predicted molar refractivity (Wildman–Crippen MR) is 146 cm³/mol. The number of thiocarbonyl (C=S) groups is 1. The molecule has 3 aliphatic rings. The zero-order valence-corrected chi connectivity index (χ0v) is 22.2. The lowest BCUT2D eigenvalue weighted by Crippen LogP contribution is -2.39. The Morgan fingerprint density at radius 1 is 1.14 bits per heavy atom. The summed E-state index contributed by atoms with van der Waals surface area (Å²) in [7, 11) is -3.23. The normalized spacial score (nSPS) is 22.5. The summed E-state index contributed by atoms with van der Waals surface area (Å²) < 4.78 is 29.6. The zero-order valence-electron chi connectivity index (χ0n) is 19.8. The maximum absolute atomic E-state index is 13.6. The lowest BCUT2D eigenvalue weighted by Gasteiger charge is -2.21. The molecule has 2 saturated heterocycles. The highest BCUT2D eigenvalue weighted by Gasteiger charge is 2.46. The number of fused-ring (bicyclic) bond motifs is 1. The van der Waals surface area contributed by atoms with Crippen molar-refractivity contribution < 1.29 is 27.5 Å². The Morgan fingerprint density at radius 2 is 1.86 bits per heavy atom. The van der Waals surface area contributed by atoms with Crippen molar-refractivity contribution in [3.63, 3.8) is 0 Å². The van der Waals surface area contributed by atoms with Crippen LogP contribution in [0, 0.1) is 0 Å². The van der Waals surface area contributed by atoms with Gasteiger partial charge in [-0.1, -0.05) is 42.2 Å². The van der Waals surface area contributed by atoms with E-state index in [0.29, 0.717) is 35.7 Å². The van der Waals surface area contributed by atoms with E-state index in [1.807, 2.05) is 6.92 Å². The first-order valence-corrected chi connectivity index (χ1v) is 14.7. The van der Waals surface area contributed by atoms with Gasteiger partial charge in [-0.25, -0.2) is 8.42 Å². The second-order valence-electron chi connectivity index (χ2n) is 8.72. The second kappa shape index (κ2) is 9.92. The van der Waals surface area contributed by atoms with Crippen LogP contribution in [0.15, 0.2) is 53.4 Å². The molecule has 5 rings (SSSR count). The van der Waals surface area contributed by atoms with Gasteiger partial charge in [0.1, 0.15) is 16.6 Å². The van der Waals surface area contributed by atoms with Crippen LogP contribution in [0.25, 0.3) is 5.57 Å². The van der Waals surface area contributed by atoms with Crippen LogP contribution < -0.4 is 15.0 Å². The lowest BCUT2D eigenvalue weighted by molar-refractivity contribution is -0.123. The largest absolute Gasteiger partial charge is 0.494 e. The fourth-order valence-corrected chi connectivity index (χ4v) is 7.80. The fraction of sp³-hybridized carbons (Fsp3) is 0.280. The monoisotopic (exact) mass is 557 g/mol. The molecule has 3 aliphatic heterocycles. The molecular weight excluding hydrogens is 534 g/mol. The number of rotatable bonds is 6. The smallest absolute Gasteiger partial charge is 0.267 e. The van der Waals surface area contributed by atoms with Crippen molar-refractivity contribution in [3.8, 4) is 5.75 Å². The van der Waals surface area contributed by atoms with Crippen molar-refractivity contribution >= 4 is 72.8 Å². The number of hydrogen-bond donors (Lipinski definition) is 1. The first-order valence-electron chi connectivity index (χ1n) is 11.6. The quantitative estimate of drug-likeness (QED) is 0.426. The van der Waals surface area contributed by atoms with Crippen molar-refractivity contribution in [2.24, 2.45) is 0 Å². The van der Waals surface area contributed by atoms with Crippen LogP contribution in [-0.4, -0.2) is 66.1 Å². The minimum absolute atomic E-state index is 0.000357. The molecule has 1 N–H and O–H groups in total. The van der Waals surface area contributed by atoms with E-state index in [1.165, 1.54) is 9.80 Å². The highest BCUT2D eigenvalue weighted by atomic mass is 32.2. The number of para-hydroxylation sites is 1. The molecule has 3 amide bonds. The first-order chi connectivity index (χ1) is 17.7. The molecule has 1 atom stereocenters. The molecule has 0 unspecified atom stereocenters. The Kier molecular flexibility index (Phi) is 6.82. The van der Waals surface area contributed by atoms with Gasteiger partial charge in [0.2, 0.25) is 5.91 Å². The Balaban J connectivity index is 1.40. The van der Waals surface area contributed by atoms with Crippen molar-refractivity contribution in [1.82, 2.24) is 4.90 Å². The average Bonchev–Trinajstić information content (AvgIpc) is 3.45. The molecule has 2 fully saturated rings. The highest BCUT2D eigenvalue weighted by molar-refractivity contribution is 8.26. The van der Waals surface area contributed by atoms with Crippen LogP contribution in [0.4, 0.5) is 11.4 Å². The highest BCUT2D eigenvalue weighted by Crippen LogP contribution is 2.45. The van der Waals surface area contributed by atoms with Gasteiger partial charge in [-0.2, -0.15) is 0 Å². The van der Waals surface area contributed by atoms with Crippen molar-refractivity contribution in [3.05, 3.63) is 59.0 Å². The Hall–Kier alpha value is -3.22. The Morgan fingerprint density at radius 3 is 2.54 bits per heavy atom. The minimum atomic E-state index is -3.23. The molecule has 2 aromatic rings. The maximum Gasteiger partial charge on any atom is 0.267 e. The number of thioether (sulfide) groups is 1. The van der Waals surface area contributed by atoms with Crippen LogP contribution >= 0.6 is 24.0 Å². The van der Waals surface area contributed by atoms with Gasteiger partial charge >= 0.3 is 0 Å². The molecule has 192 valence electrons. The van der Waals surface area contributed by atoms with Crippen LogP contribution in [-0.2, 0) is 24.2 Å². The number of amides is 3. The summed E-state index contributed by atoms with van der Waals surface area (Å²) in [4.78, 5) is 42.7. The van der Waals surface area contributed by atoms with Gasteiger partial charge in [-0.3, -0.25) is 24.2 Å². The predicted octanol–water partition coefficient (Wildman–Crippen LogP) is 2.83. The van der Waals surface area contributed by atoms with E-state index in [0.717, 1.165) is 11.8 Å². The molecule has 2 aromatic carbocycles. The Labute approximate surface area is 223 Å². The third-order valence-electron chi connectivity index (χ3n) is 6.27. The van der Waals surface area contributed by atoms with E-state index in [-0.39, 0.29) is 32.8 Å². The molecule has 0 saturated carbocycles. The fourth-order valence-electron chi connectivity index (χ4n) is 4.63. The first kappa shape index (κ1) is 25.4. The van der Waals surface area contributed by atoms with Gasteiger partial charge in [0.05, 0.1) is 40.3 Å². The second-order valence-corrected chi connectivity index (χ2v) is 12.6. The van der Waals surface area contributed by atoms with Crippen molar-refractivity contribution in [1.29, 1.82) is 0 Å². The maximum atomic E-state index is 13.6. The van der Waals surface area contributed by atoms with Crippen LogP contribution in [0.1, 0.15) is 18.9 Å². The van der Waals surface area contributed by atoms with Gasteiger partial charge in [0.25, 0.3) is 11.8 Å². The molecule has 3 heterocycles. The van der Waals surface area contributed by atoms with Crippen molar-refractivity contribution in [2.75, 3.05) is 34.9 Å². The van der Waals surface area contributed by atoms with Crippen LogP contribution in [0.3, 0.4) is 0 Å². The van der Waals surface area contributed by atoms with E-state index in [2.05, 4.69) is 5.32 Å². The van der Waals surface area contributed by atoms with E-state index < -0.39 is 33.6 Å². The van der Waals surface area contributed by atoms with Gasteiger partial charge in [-0.05, 0) is 43.7 Å². The molecule has 0 aromatic heterocycles. The molecule has 9 nitrogen and oxygen atoms in total. The number of nitrogens with one attached hydrogen (secondary N) is 1. The summed E-state index contributed by atoms with van der Waals surface area (Å²) >= 11 is 6.41. The number of nitrogens with zero attached hydrogens (tertiary/aromatic N) is 2. The zero-order chi connectivity index (χ0) is 26.3. The number of benzene rings is 2. The van der Waals surface area contributed by atoms with Gasteiger partial charge in [0.15, 0.2) is 9.84 Å². The van der Waals surface area contributed by atoms with Gasteiger partial charge in [-0.15, -0.1) is 0 Å². The number of sulfone groups is 1. The molecule has 12 heteroatoms. The van der Waals surface area contributed by atoms with Gasteiger partial charge < -0.3 is 10.1 Å². The summed E-state index contributed by atoms with van der Waals surface area (Å²) in [6, 6.07) is 13.3. The van der Waals surface area contributed by atoms with Crippen LogP contribution in [0.2, 0.25) is 0 Å². The summed E-state index contributed by atoms with van der Waals surface area (Å²) in [6.07, 6.45) is 0.305. The average molecular weight is 558 g/mol. The standard InChI is InChI=1S/C25H23N3O6S3/c1-2-34-17-9-7-15(8-10-17)26-20(29)13-27-19-6-4-3-5-18(19)21(23(27)30)22-24(31)28(25(35)36-22)16-11-12-37(32,33)14-16/h3-10,16H,2,11-14H2,1H3,(H,26,29)/b22-21-/t16-/m1/s1. The third-order valence-corrected chi connectivity index (χ3v) is 9.42. The summed E-state index contributed by atoms with van der Waals surface area (Å²) in [5.74, 6) is -0.832. The molecule has 0 bridgehead atoms. The summed E-state index contributed by atoms with van der Waals surface area (Å²) in [6.45, 7) is 2.16. The molecular formula is C25H23N3O6S3. The molecule has 37 heavy (non-hydrogen) atoms. The van der Waals surface area contributed by atoms with Gasteiger partial charge in [0, 0.05) is 11.3 Å². The van der Waals surface area contributed by atoms with Crippen molar-refractivity contribution in [2.45, 2.75) is 19.4 Å². The summed E-state index contributed by atoms with van der Waals surface area (Å²) in [5.41, 5.74) is 1.77. The number of anilines is 2. The van der Waals surface area contributed by atoms with Crippen LogP contribution in [0.5, 0.6) is 5.75 Å². The number of carbonyl (C=O) groups is 3. The molecule has 0 aliphatic carbocycles. The molecule has 0 radical (unpaired) electrons. The minimum Gasteiger partial charge on any atom is -0.494 e. The van der Waals surface area contributed by atoms with E-state index in [9.17, 15) is 22.8 Å². The SMILES string of the molecule is CCOc1ccc(NC(=O)CN2C(=O)/C(=C3\SC(=S)N([C@@H]4CCS(=O)(=O)C4)C3=O)c3ccccc32)cc1. The van der Waals surface area contributed by atoms with E-state index in [4.69, 9.17) is 17.0 Å². The number of ether oxygens (including phenoxy) is 1. The number of hydrogen-bond acceptors (Lipinski definition) is 8. The van der Waals surface area contributed by atoms with E-state index >= 15 is 0 Å². The lowest BCUT2D eigenvalue weighted by atomic mass is 10.1. The Bertz CT molecular complexity index is 1450. The number of carbonyl (C=O) groups excluding carboxylic acids is 3. The summed E-state index contributed by atoms with van der Waals surface area (Å²) in [5, 5.41) is 2.78. The topological polar surface area (TPSA) is 113 Å². The third kappa shape index (κ3) is 4.88. The molecule has 0 spiro atoms.